The van der Waals surface area contributed by atoms with Crippen LogP contribution in [0.3, 0.4) is 0 Å². The van der Waals surface area contributed by atoms with Gasteiger partial charge in [0.1, 0.15) is 0 Å². The highest BCUT2D eigenvalue weighted by atomic mass is 16.4. The highest BCUT2D eigenvalue weighted by Gasteiger charge is 2.41. The lowest BCUT2D eigenvalue weighted by atomic mass is 10.0. The lowest BCUT2D eigenvalue weighted by molar-refractivity contribution is -0.142. The summed E-state index contributed by atoms with van der Waals surface area (Å²) in [5.41, 5.74) is 1.99. The third-order valence-corrected chi connectivity index (χ3v) is 3.81. The summed E-state index contributed by atoms with van der Waals surface area (Å²) in [5.74, 6) is -1.19. The van der Waals surface area contributed by atoms with Gasteiger partial charge in [0.2, 0.25) is 5.91 Å². The number of benzene rings is 1. The molecule has 0 saturated carbocycles. The second-order valence-corrected chi connectivity index (χ2v) is 5.40. The second-order valence-electron chi connectivity index (χ2n) is 5.40. The Morgan fingerprint density at radius 1 is 1.32 bits per heavy atom. The summed E-state index contributed by atoms with van der Waals surface area (Å²) in [5, 5.41) is 9.10. The molecule has 102 valence electrons. The first-order chi connectivity index (χ1) is 8.91. The van der Waals surface area contributed by atoms with Gasteiger partial charge in [0.05, 0.1) is 5.92 Å². The van der Waals surface area contributed by atoms with Crippen LogP contribution in [0.1, 0.15) is 38.7 Å². The van der Waals surface area contributed by atoms with Crippen LogP contribution in [-0.2, 0) is 9.59 Å². The molecule has 19 heavy (non-hydrogen) atoms. The monoisotopic (exact) mass is 261 g/mol. The summed E-state index contributed by atoms with van der Waals surface area (Å²) in [6.07, 6.45) is 0.0857. The van der Waals surface area contributed by atoms with Crippen molar-refractivity contribution in [1.29, 1.82) is 0 Å². The Labute approximate surface area is 113 Å². The molecular weight excluding hydrogens is 242 g/mol. The molecule has 0 spiro atoms. The zero-order chi connectivity index (χ0) is 14.2. The van der Waals surface area contributed by atoms with Crippen LogP contribution in [0.2, 0.25) is 0 Å². The molecule has 1 saturated heterocycles. The molecule has 1 aromatic carbocycles. The SMILES string of the molecule is CC(C)c1ccc(N2C(=O)CC(C(=O)O)C2C)cc1. The molecule has 1 heterocycles. The van der Waals surface area contributed by atoms with Gasteiger partial charge in [-0.2, -0.15) is 0 Å². The summed E-state index contributed by atoms with van der Waals surface area (Å²) >= 11 is 0. The molecule has 1 N–H and O–H groups in total. The molecule has 1 aliphatic rings. The fourth-order valence-electron chi connectivity index (χ4n) is 2.56. The van der Waals surface area contributed by atoms with Crippen molar-refractivity contribution in [3.63, 3.8) is 0 Å². The molecule has 1 aliphatic heterocycles. The maximum absolute atomic E-state index is 12.0. The molecule has 1 aromatic rings. The first kappa shape index (κ1) is 13.6. The van der Waals surface area contributed by atoms with Crippen LogP contribution in [0.25, 0.3) is 0 Å². The Balaban J connectivity index is 2.26. The number of carboxylic acid groups (broad SMARTS) is 1. The molecule has 2 unspecified atom stereocenters. The quantitative estimate of drug-likeness (QED) is 0.910. The minimum Gasteiger partial charge on any atom is -0.481 e. The van der Waals surface area contributed by atoms with E-state index in [9.17, 15) is 9.59 Å². The lowest BCUT2D eigenvalue weighted by Gasteiger charge is -2.23. The predicted octanol–water partition coefficient (Wildman–Crippen LogP) is 2.64. The molecule has 4 heteroatoms. The topological polar surface area (TPSA) is 57.6 Å². The van der Waals surface area contributed by atoms with E-state index in [-0.39, 0.29) is 18.4 Å². The van der Waals surface area contributed by atoms with Gasteiger partial charge < -0.3 is 10.0 Å². The van der Waals surface area contributed by atoms with E-state index in [4.69, 9.17) is 5.11 Å². The number of rotatable bonds is 3. The van der Waals surface area contributed by atoms with Crippen LogP contribution >= 0.6 is 0 Å². The molecule has 4 nitrogen and oxygen atoms in total. The highest BCUT2D eigenvalue weighted by Crippen LogP contribution is 2.31. The van der Waals surface area contributed by atoms with Gasteiger partial charge >= 0.3 is 5.97 Å². The predicted molar refractivity (Wildman–Crippen MR) is 73.2 cm³/mol. The Morgan fingerprint density at radius 3 is 2.32 bits per heavy atom. The Hall–Kier alpha value is -1.84. The number of carbonyl (C=O) groups excluding carboxylic acids is 1. The maximum Gasteiger partial charge on any atom is 0.309 e. The van der Waals surface area contributed by atoms with E-state index < -0.39 is 11.9 Å². The number of aliphatic carboxylic acids is 1. The van der Waals surface area contributed by atoms with Crippen molar-refractivity contribution in [3.05, 3.63) is 29.8 Å². The Morgan fingerprint density at radius 2 is 1.89 bits per heavy atom. The smallest absolute Gasteiger partial charge is 0.309 e. The summed E-state index contributed by atoms with van der Waals surface area (Å²) in [6, 6.07) is 7.49. The van der Waals surface area contributed by atoms with Gasteiger partial charge in [-0.05, 0) is 30.5 Å². The fourth-order valence-corrected chi connectivity index (χ4v) is 2.56. The number of carboxylic acids is 1. The average molecular weight is 261 g/mol. The van der Waals surface area contributed by atoms with Crippen molar-refractivity contribution < 1.29 is 14.7 Å². The van der Waals surface area contributed by atoms with Gasteiger partial charge in [0, 0.05) is 18.2 Å². The average Bonchev–Trinajstić information content (AvgIpc) is 2.65. The number of nitrogens with zero attached hydrogens (tertiary/aromatic N) is 1. The van der Waals surface area contributed by atoms with E-state index in [0.29, 0.717) is 5.92 Å². The fraction of sp³-hybridized carbons (Fsp3) is 0.467. The van der Waals surface area contributed by atoms with Gasteiger partial charge in [-0.15, -0.1) is 0 Å². The molecule has 2 atom stereocenters. The summed E-state index contributed by atoms with van der Waals surface area (Å²) in [7, 11) is 0. The summed E-state index contributed by atoms with van der Waals surface area (Å²) < 4.78 is 0. The molecule has 1 fully saturated rings. The number of hydrogen-bond donors (Lipinski definition) is 1. The van der Waals surface area contributed by atoms with E-state index in [1.165, 1.54) is 5.56 Å². The van der Waals surface area contributed by atoms with E-state index in [1.807, 2.05) is 24.3 Å². The zero-order valence-electron chi connectivity index (χ0n) is 11.5. The molecule has 0 aliphatic carbocycles. The summed E-state index contributed by atoms with van der Waals surface area (Å²) in [4.78, 5) is 24.7. The Bertz CT molecular complexity index is 493. The van der Waals surface area contributed by atoms with E-state index in [2.05, 4.69) is 13.8 Å². The second kappa shape index (κ2) is 5.03. The number of hydrogen-bond acceptors (Lipinski definition) is 2. The van der Waals surface area contributed by atoms with Crippen molar-refractivity contribution in [2.45, 2.75) is 39.2 Å². The normalized spacial score (nSPS) is 23.2. The highest BCUT2D eigenvalue weighted by molar-refractivity contribution is 6.00. The number of carbonyl (C=O) groups is 2. The minimum absolute atomic E-state index is 0.0857. The van der Waals surface area contributed by atoms with Crippen LogP contribution in [0, 0.1) is 5.92 Å². The molecule has 1 amide bonds. The van der Waals surface area contributed by atoms with Crippen LogP contribution in [0.15, 0.2) is 24.3 Å². The number of anilines is 1. The molecule has 0 bridgehead atoms. The van der Waals surface area contributed by atoms with Crippen LogP contribution in [0.4, 0.5) is 5.69 Å². The van der Waals surface area contributed by atoms with E-state index in [0.717, 1.165) is 5.69 Å². The van der Waals surface area contributed by atoms with Crippen LogP contribution < -0.4 is 4.90 Å². The van der Waals surface area contributed by atoms with E-state index in [1.54, 1.807) is 11.8 Å². The zero-order valence-corrected chi connectivity index (χ0v) is 11.5. The maximum atomic E-state index is 12.0. The van der Waals surface area contributed by atoms with Crippen LogP contribution in [0.5, 0.6) is 0 Å². The Kier molecular flexibility index (Phi) is 3.60. The van der Waals surface area contributed by atoms with Gasteiger partial charge in [-0.1, -0.05) is 26.0 Å². The largest absolute Gasteiger partial charge is 0.481 e. The van der Waals surface area contributed by atoms with Gasteiger partial charge in [-0.3, -0.25) is 9.59 Å². The first-order valence-corrected chi connectivity index (χ1v) is 6.56. The van der Waals surface area contributed by atoms with Crippen molar-refractivity contribution in [2.75, 3.05) is 4.90 Å². The number of amides is 1. The standard InChI is InChI=1S/C15H19NO3/c1-9(2)11-4-6-12(7-5-11)16-10(3)13(15(18)19)8-14(16)17/h4-7,9-10,13H,8H2,1-3H3,(H,18,19). The molecule has 2 rings (SSSR count). The lowest BCUT2D eigenvalue weighted by Crippen LogP contribution is -2.34. The van der Waals surface area contributed by atoms with Gasteiger partial charge in [-0.25, -0.2) is 0 Å². The first-order valence-electron chi connectivity index (χ1n) is 6.56. The van der Waals surface area contributed by atoms with Crippen molar-refractivity contribution in [2.24, 2.45) is 5.92 Å². The third kappa shape index (κ3) is 2.48. The molecule has 0 radical (unpaired) electrons. The third-order valence-electron chi connectivity index (χ3n) is 3.81. The van der Waals surface area contributed by atoms with Crippen molar-refractivity contribution in [3.8, 4) is 0 Å². The summed E-state index contributed by atoms with van der Waals surface area (Å²) in [6.45, 7) is 6.01. The van der Waals surface area contributed by atoms with E-state index >= 15 is 0 Å². The van der Waals surface area contributed by atoms with Crippen molar-refractivity contribution in [1.82, 2.24) is 0 Å². The molecule has 0 aromatic heterocycles. The molecular formula is C15H19NO3. The van der Waals surface area contributed by atoms with Gasteiger partial charge in [0.15, 0.2) is 0 Å². The minimum atomic E-state index is -0.901. The van der Waals surface area contributed by atoms with Crippen molar-refractivity contribution >= 4 is 17.6 Å². The van der Waals surface area contributed by atoms with Gasteiger partial charge in [0.25, 0.3) is 0 Å². The van der Waals surface area contributed by atoms with Crippen LogP contribution in [-0.4, -0.2) is 23.0 Å².